The molecular formula is C28H34N6O2. The van der Waals surface area contributed by atoms with Crippen LogP contribution in [0.3, 0.4) is 0 Å². The molecule has 1 aliphatic rings. The smallest absolute Gasteiger partial charge is 0.252 e. The number of aromatic amines is 1. The molecule has 0 spiro atoms. The zero-order chi connectivity index (χ0) is 24.9. The van der Waals surface area contributed by atoms with Crippen LogP contribution in [0.1, 0.15) is 61.7 Å². The summed E-state index contributed by atoms with van der Waals surface area (Å²) in [4.78, 5) is 18.5. The molecule has 0 aliphatic carbocycles. The Balaban J connectivity index is 1.48. The number of tetrazole rings is 1. The van der Waals surface area contributed by atoms with E-state index in [0.717, 1.165) is 66.7 Å². The topological polar surface area (TPSA) is 88.9 Å². The molecule has 2 aromatic heterocycles. The largest absolute Gasteiger partial charge is 0.377 e. The number of fused-ring (bicyclic) bond motifs is 1. The minimum absolute atomic E-state index is 0.0509. The average molecular weight is 487 g/mol. The fraction of sp³-hybridized carbons (Fsp3) is 0.429. The van der Waals surface area contributed by atoms with Crippen molar-refractivity contribution in [2.75, 3.05) is 13.2 Å². The van der Waals surface area contributed by atoms with Gasteiger partial charge in [0.2, 0.25) is 0 Å². The summed E-state index contributed by atoms with van der Waals surface area (Å²) in [5, 5.41) is 13.8. The zero-order valence-corrected chi connectivity index (χ0v) is 21.1. The molecule has 1 saturated heterocycles. The van der Waals surface area contributed by atoms with Gasteiger partial charge in [0.15, 0.2) is 5.82 Å². The van der Waals surface area contributed by atoms with Gasteiger partial charge in [-0.2, -0.15) is 0 Å². The van der Waals surface area contributed by atoms with Crippen molar-refractivity contribution in [3.63, 3.8) is 0 Å². The third-order valence-electron chi connectivity index (χ3n) is 7.09. The number of hydrogen-bond acceptors (Lipinski definition) is 6. The van der Waals surface area contributed by atoms with Gasteiger partial charge in [0.05, 0.1) is 18.7 Å². The summed E-state index contributed by atoms with van der Waals surface area (Å²) >= 11 is 0. The number of ether oxygens (including phenoxy) is 1. The summed E-state index contributed by atoms with van der Waals surface area (Å²) < 4.78 is 7.88. The Hall–Kier alpha value is -3.36. The van der Waals surface area contributed by atoms with Crippen LogP contribution >= 0.6 is 0 Å². The number of aromatic nitrogens is 5. The molecule has 8 heteroatoms. The number of hydrogen-bond donors (Lipinski definition) is 1. The van der Waals surface area contributed by atoms with Crippen LogP contribution in [0.5, 0.6) is 0 Å². The molecule has 1 aliphatic heterocycles. The highest BCUT2D eigenvalue weighted by Crippen LogP contribution is 2.27. The number of nitrogens with one attached hydrogen (secondary N) is 1. The Morgan fingerprint density at radius 1 is 1.14 bits per heavy atom. The number of nitrogens with zero attached hydrogens (tertiary/aromatic N) is 5. The lowest BCUT2D eigenvalue weighted by Crippen LogP contribution is -2.37. The molecule has 188 valence electrons. The summed E-state index contributed by atoms with van der Waals surface area (Å²) in [5.74, 6) is 0.810. The van der Waals surface area contributed by atoms with Crippen molar-refractivity contribution in [1.29, 1.82) is 0 Å². The van der Waals surface area contributed by atoms with Gasteiger partial charge in [-0.05, 0) is 70.8 Å². The van der Waals surface area contributed by atoms with Gasteiger partial charge < -0.3 is 9.72 Å². The monoisotopic (exact) mass is 486 g/mol. The van der Waals surface area contributed by atoms with E-state index in [-0.39, 0.29) is 17.7 Å². The molecule has 36 heavy (non-hydrogen) atoms. The lowest BCUT2D eigenvalue weighted by molar-refractivity contribution is 0.0489. The molecule has 4 aromatic rings. The third-order valence-corrected chi connectivity index (χ3v) is 7.09. The van der Waals surface area contributed by atoms with Crippen LogP contribution in [0, 0.1) is 0 Å². The van der Waals surface area contributed by atoms with Crippen LogP contribution in [0.15, 0.2) is 59.4 Å². The molecule has 5 rings (SSSR count). The Bertz CT molecular complexity index is 1340. The number of rotatable bonds is 10. The van der Waals surface area contributed by atoms with Crippen molar-refractivity contribution >= 4 is 10.9 Å². The third kappa shape index (κ3) is 5.39. The first-order chi connectivity index (χ1) is 17.6. The molecular weight excluding hydrogens is 452 g/mol. The van der Waals surface area contributed by atoms with Gasteiger partial charge in [0.1, 0.15) is 0 Å². The molecule has 0 unspecified atom stereocenters. The second-order valence-corrected chi connectivity index (χ2v) is 9.57. The summed E-state index contributed by atoms with van der Waals surface area (Å²) in [6.07, 6.45) is 4.00. The highest BCUT2D eigenvalue weighted by atomic mass is 16.5. The van der Waals surface area contributed by atoms with Crippen molar-refractivity contribution in [2.45, 2.75) is 64.8 Å². The predicted molar refractivity (Wildman–Crippen MR) is 140 cm³/mol. The maximum absolute atomic E-state index is 13.1. The zero-order valence-electron chi connectivity index (χ0n) is 21.1. The summed E-state index contributed by atoms with van der Waals surface area (Å²) in [6, 6.07) is 18.4. The Labute approximate surface area is 211 Å². The average Bonchev–Trinajstić information content (AvgIpc) is 3.58. The lowest BCUT2D eigenvalue weighted by Gasteiger charge is -2.32. The van der Waals surface area contributed by atoms with E-state index < -0.39 is 0 Å². The highest BCUT2D eigenvalue weighted by Gasteiger charge is 2.29. The van der Waals surface area contributed by atoms with E-state index >= 15 is 0 Å². The van der Waals surface area contributed by atoms with E-state index in [9.17, 15) is 4.79 Å². The lowest BCUT2D eigenvalue weighted by atomic mass is 10.1. The number of aryl methyl sites for hydroxylation is 1. The highest BCUT2D eigenvalue weighted by molar-refractivity contribution is 5.79. The fourth-order valence-corrected chi connectivity index (χ4v) is 5.13. The minimum atomic E-state index is -0.0529. The van der Waals surface area contributed by atoms with Crippen molar-refractivity contribution in [2.24, 2.45) is 0 Å². The van der Waals surface area contributed by atoms with E-state index in [1.54, 1.807) is 0 Å². The predicted octanol–water partition coefficient (Wildman–Crippen LogP) is 4.26. The first kappa shape index (κ1) is 24.3. The Morgan fingerprint density at radius 3 is 2.75 bits per heavy atom. The van der Waals surface area contributed by atoms with Crippen molar-refractivity contribution in [1.82, 2.24) is 30.1 Å². The first-order valence-electron chi connectivity index (χ1n) is 12.9. The SMILES string of the molecule is CCc1ccc2[nH]c(=O)c(CN(C[C@@H]3CCCO3)[C@H](CC)c3nnnn3Cc3ccccc3)cc2c1. The van der Waals surface area contributed by atoms with E-state index in [4.69, 9.17) is 4.74 Å². The number of benzene rings is 2. The van der Waals surface area contributed by atoms with Gasteiger partial charge >= 0.3 is 0 Å². The molecule has 2 atom stereocenters. The molecule has 0 bridgehead atoms. The van der Waals surface area contributed by atoms with E-state index in [0.29, 0.717) is 13.1 Å². The molecule has 8 nitrogen and oxygen atoms in total. The van der Waals surface area contributed by atoms with Crippen LogP contribution in [-0.2, 0) is 24.2 Å². The standard InChI is InChI=1S/C28H34N6O2/c1-3-20-12-13-25-22(15-20)16-23(28(35)29-25)18-33(19-24-11-8-14-36-24)26(4-2)27-30-31-32-34(27)17-21-9-6-5-7-10-21/h5-7,9-10,12-13,15-16,24,26H,3-4,8,11,14,17-19H2,1-2H3,(H,29,35)/t24-,26+/m0/s1. The first-order valence-corrected chi connectivity index (χ1v) is 12.9. The second-order valence-electron chi connectivity index (χ2n) is 9.57. The Morgan fingerprint density at radius 2 is 2.00 bits per heavy atom. The molecule has 2 aromatic carbocycles. The van der Waals surface area contributed by atoms with Gasteiger partial charge in [-0.15, -0.1) is 5.10 Å². The van der Waals surface area contributed by atoms with Crippen LogP contribution in [-0.4, -0.2) is 49.3 Å². The minimum Gasteiger partial charge on any atom is -0.377 e. The molecule has 0 amide bonds. The van der Waals surface area contributed by atoms with Crippen LogP contribution < -0.4 is 5.56 Å². The molecule has 0 radical (unpaired) electrons. The van der Waals surface area contributed by atoms with Gasteiger partial charge in [-0.3, -0.25) is 9.69 Å². The maximum Gasteiger partial charge on any atom is 0.252 e. The molecule has 3 heterocycles. The number of H-pyrrole nitrogens is 1. The van der Waals surface area contributed by atoms with Crippen molar-refractivity contribution in [3.8, 4) is 0 Å². The van der Waals surface area contributed by atoms with Crippen LogP contribution in [0.4, 0.5) is 0 Å². The maximum atomic E-state index is 13.1. The summed E-state index contributed by atoms with van der Waals surface area (Å²) in [6.45, 7) is 6.90. The van der Waals surface area contributed by atoms with Gasteiger partial charge in [0, 0.05) is 30.8 Å². The van der Waals surface area contributed by atoms with Gasteiger partial charge in [-0.1, -0.05) is 50.2 Å². The summed E-state index contributed by atoms with van der Waals surface area (Å²) in [5.41, 5.74) is 3.95. The fourth-order valence-electron chi connectivity index (χ4n) is 5.13. The summed E-state index contributed by atoms with van der Waals surface area (Å²) in [7, 11) is 0. The normalized spacial score (nSPS) is 16.7. The van der Waals surface area contributed by atoms with E-state index in [1.807, 2.05) is 35.0 Å². The van der Waals surface area contributed by atoms with E-state index in [2.05, 4.69) is 63.5 Å². The Kier molecular flexibility index (Phi) is 7.53. The quantitative estimate of drug-likeness (QED) is 0.360. The van der Waals surface area contributed by atoms with Crippen molar-refractivity contribution < 1.29 is 4.74 Å². The molecule has 0 saturated carbocycles. The molecule has 1 fully saturated rings. The van der Waals surface area contributed by atoms with Gasteiger partial charge in [-0.25, -0.2) is 4.68 Å². The molecule has 1 N–H and O–H groups in total. The second kappa shape index (κ2) is 11.1. The van der Waals surface area contributed by atoms with E-state index in [1.165, 1.54) is 5.56 Å². The number of pyridine rings is 1. The van der Waals surface area contributed by atoms with Crippen molar-refractivity contribution in [3.05, 3.63) is 87.5 Å². The van der Waals surface area contributed by atoms with Crippen LogP contribution in [0.25, 0.3) is 10.9 Å². The van der Waals surface area contributed by atoms with Crippen LogP contribution in [0.2, 0.25) is 0 Å². The van der Waals surface area contributed by atoms with Gasteiger partial charge in [0.25, 0.3) is 5.56 Å².